The van der Waals surface area contributed by atoms with Gasteiger partial charge in [-0.05, 0) is 36.5 Å². The molecule has 1 N–H and O–H groups in total. The fraction of sp³-hybridized carbons (Fsp3) is 0.435. The first kappa shape index (κ1) is 21.0. The summed E-state index contributed by atoms with van der Waals surface area (Å²) in [6.45, 7) is 1.51. The predicted octanol–water partition coefficient (Wildman–Crippen LogP) is 2.68. The lowest BCUT2D eigenvalue weighted by Crippen LogP contribution is -2.54. The van der Waals surface area contributed by atoms with Crippen LogP contribution in [0.2, 0.25) is 0 Å². The van der Waals surface area contributed by atoms with Crippen LogP contribution in [0.4, 0.5) is 0 Å². The molecule has 0 radical (unpaired) electrons. The number of benzene rings is 1. The molecular weight excluding hydrogens is 366 g/mol. The second-order valence-electron chi connectivity index (χ2n) is 7.60. The van der Waals surface area contributed by atoms with Crippen LogP contribution in [0.3, 0.4) is 0 Å². The number of nitrogens with one attached hydrogen (secondary N) is 1. The van der Waals surface area contributed by atoms with Crippen molar-refractivity contribution in [1.29, 1.82) is 0 Å². The number of nitrogens with zero attached hydrogens (tertiary/aromatic N) is 2. The molecule has 1 aromatic carbocycles. The van der Waals surface area contributed by atoms with Gasteiger partial charge in [-0.3, -0.25) is 14.6 Å². The third-order valence-corrected chi connectivity index (χ3v) is 5.68. The van der Waals surface area contributed by atoms with E-state index in [1.165, 1.54) is 0 Å². The lowest BCUT2D eigenvalue weighted by molar-refractivity contribution is -0.141. The number of aromatic nitrogens is 1. The Bertz CT molecular complexity index is 840. The van der Waals surface area contributed by atoms with Crippen molar-refractivity contribution in [3.63, 3.8) is 0 Å². The summed E-state index contributed by atoms with van der Waals surface area (Å²) >= 11 is 0. The number of hydrogen-bond donors (Lipinski definition) is 1. The minimum atomic E-state index is -0.645. The number of piperidine rings is 1. The van der Waals surface area contributed by atoms with Crippen molar-refractivity contribution in [3.8, 4) is 11.1 Å². The molecule has 6 heteroatoms. The zero-order valence-electron chi connectivity index (χ0n) is 17.2. The van der Waals surface area contributed by atoms with Gasteiger partial charge in [-0.15, -0.1) is 0 Å². The number of carbonyl (C=O) groups is 2. The van der Waals surface area contributed by atoms with Crippen LogP contribution in [0.25, 0.3) is 11.1 Å². The molecule has 1 aliphatic heterocycles. The first-order valence-corrected chi connectivity index (χ1v) is 10.1. The second-order valence-corrected chi connectivity index (χ2v) is 7.60. The van der Waals surface area contributed by atoms with Crippen LogP contribution in [0.5, 0.6) is 0 Å². The minimum Gasteiger partial charge on any atom is -0.384 e. The minimum absolute atomic E-state index is 0.0114. The average molecular weight is 396 g/mol. The maximum Gasteiger partial charge on any atom is 0.228 e. The molecule has 2 amide bonds. The molecule has 0 saturated carbocycles. The Morgan fingerprint density at radius 2 is 2.07 bits per heavy atom. The summed E-state index contributed by atoms with van der Waals surface area (Å²) in [6, 6.07) is 12.1. The SMILES string of the molecule is CNC(=O)[C@@]1(Cc2ccccc2-c2cccnc2)CCCN(C(=O)CCOC)C1. The molecule has 1 atom stereocenters. The summed E-state index contributed by atoms with van der Waals surface area (Å²) in [6.07, 6.45) is 6.07. The zero-order chi connectivity index (χ0) is 20.7. The summed E-state index contributed by atoms with van der Waals surface area (Å²) in [5.41, 5.74) is 2.55. The first-order chi connectivity index (χ1) is 14.1. The highest BCUT2D eigenvalue weighted by molar-refractivity contribution is 5.85. The van der Waals surface area contributed by atoms with E-state index in [0.29, 0.717) is 32.5 Å². The van der Waals surface area contributed by atoms with Gasteiger partial charge in [0.1, 0.15) is 0 Å². The van der Waals surface area contributed by atoms with Gasteiger partial charge in [0.05, 0.1) is 18.4 Å². The fourth-order valence-corrected chi connectivity index (χ4v) is 4.21. The van der Waals surface area contributed by atoms with Crippen molar-refractivity contribution in [2.75, 3.05) is 33.9 Å². The van der Waals surface area contributed by atoms with Crippen molar-refractivity contribution >= 4 is 11.8 Å². The molecule has 1 aromatic heterocycles. The van der Waals surface area contributed by atoms with Gasteiger partial charge in [0.15, 0.2) is 0 Å². The van der Waals surface area contributed by atoms with Crippen molar-refractivity contribution in [1.82, 2.24) is 15.2 Å². The lowest BCUT2D eigenvalue weighted by atomic mass is 9.73. The summed E-state index contributed by atoms with van der Waals surface area (Å²) in [5, 5.41) is 2.84. The molecule has 1 fully saturated rings. The Morgan fingerprint density at radius 1 is 1.24 bits per heavy atom. The van der Waals surface area contributed by atoms with Crippen LogP contribution < -0.4 is 5.32 Å². The molecule has 0 aliphatic carbocycles. The predicted molar refractivity (Wildman–Crippen MR) is 112 cm³/mol. The van der Waals surface area contributed by atoms with Gasteiger partial charge in [0, 0.05) is 45.2 Å². The van der Waals surface area contributed by atoms with E-state index in [0.717, 1.165) is 29.5 Å². The average Bonchev–Trinajstić information content (AvgIpc) is 2.78. The third-order valence-electron chi connectivity index (χ3n) is 5.68. The number of amides is 2. The largest absolute Gasteiger partial charge is 0.384 e. The molecule has 29 heavy (non-hydrogen) atoms. The summed E-state index contributed by atoms with van der Waals surface area (Å²) in [7, 11) is 3.26. The number of methoxy groups -OCH3 is 1. The second kappa shape index (κ2) is 9.65. The zero-order valence-corrected chi connectivity index (χ0v) is 17.2. The van der Waals surface area contributed by atoms with E-state index in [-0.39, 0.29) is 11.8 Å². The first-order valence-electron chi connectivity index (χ1n) is 10.1. The molecule has 1 aliphatic rings. The standard InChI is InChI=1S/C23H29N3O3/c1-24-22(28)23(11-6-13-26(17-23)21(27)10-14-29-2)15-18-7-3-4-9-20(18)19-8-5-12-25-16-19/h3-5,7-9,12,16H,6,10-11,13-15,17H2,1-2H3,(H,24,28)/t23-/m1/s1. The molecule has 0 bridgehead atoms. The van der Waals surface area contributed by atoms with Gasteiger partial charge in [0.2, 0.25) is 11.8 Å². The molecule has 1 saturated heterocycles. The Morgan fingerprint density at radius 3 is 2.79 bits per heavy atom. The Labute approximate surface area is 172 Å². The monoisotopic (exact) mass is 395 g/mol. The van der Waals surface area contributed by atoms with Crippen LogP contribution in [0, 0.1) is 5.41 Å². The Kier molecular flexibility index (Phi) is 6.99. The summed E-state index contributed by atoms with van der Waals surface area (Å²) in [4.78, 5) is 31.7. The molecule has 2 heterocycles. The number of pyridine rings is 1. The smallest absolute Gasteiger partial charge is 0.228 e. The van der Waals surface area contributed by atoms with E-state index < -0.39 is 5.41 Å². The van der Waals surface area contributed by atoms with Gasteiger partial charge in [0.25, 0.3) is 0 Å². The van der Waals surface area contributed by atoms with Gasteiger partial charge >= 0.3 is 0 Å². The molecule has 3 rings (SSSR count). The maximum atomic E-state index is 13.0. The van der Waals surface area contributed by atoms with Crippen LogP contribution in [-0.4, -0.2) is 55.6 Å². The van der Waals surface area contributed by atoms with Crippen LogP contribution in [-0.2, 0) is 20.7 Å². The van der Waals surface area contributed by atoms with E-state index >= 15 is 0 Å². The van der Waals surface area contributed by atoms with Gasteiger partial charge in [-0.25, -0.2) is 0 Å². The highest BCUT2D eigenvalue weighted by atomic mass is 16.5. The van der Waals surface area contributed by atoms with E-state index in [2.05, 4.69) is 22.4 Å². The van der Waals surface area contributed by atoms with Gasteiger partial charge in [-0.1, -0.05) is 30.3 Å². The van der Waals surface area contributed by atoms with E-state index in [1.54, 1.807) is 20.4 Å². The molecule has 154 valence electrons. The molecule has 2 aromatic rings. The molecule has 6 nitrogen and oxygen atoms in total. The number of ether oxygens (including phenoxy) is 1. The van der Waals surface area contributed by atoms with Crippen LogP contribution in [0.15, 0.2) is 48.8 Å². The van der Waals surface area contributed by atoms with E-state index in [4.69, 9.17) is 4.74 Å². The molecular formula is C23H29N3O3. The maximum absolute atomic E-state index is 13.0. The van der Waals surface area contributed by atoms with Crippen molar-refractivity contribution in [3.05, 3.63) is 54.4 Å². The fourth-order valence-electron chi connectivity index (χ4n) is 4.21. The summed E-state index contributed by atoms with van der Waals surface area (Å²) in [5.74, 6) is 0.0307. The van der Waals surface area contributed by atoms with Crippen LogP contribution in [0.1, 0.15) is 24.8 Å². The number of hydrogen-bond acceptors (Lipinski definition) is 4. The lowest BCUT2D eigenvalue weighted by Gasteiger charge is -2.42. The Balaban J connectivity index is 1.91. The quantitative estimate of drug-likeness (QED) is 0.782. The highest BCUT2D eigenvalue weighted by Gasteiger charge is 2.43. The third kappa shape index (κ3) is 4.82. The summed E-state index contributed by atoms with van der Waals surface area (Å²) < 4.78 is 5.05. The van der Waals surface area contributed by atoms with Crippen molar-refractivity contribution < 1.29 is 14.3 Å². The van der Waals surface area contributed by atoms with Crippen molar-refractivity contribution in [2.45, 2.75) is 25.7 Å². The number of likely N-dealkylation sites (tertiary alicyclic amines) is 1. The van der Waals surface area contributed by atoms with Gasteiger partial charge in [-0.2, -0.15) is 0 Å². The number of rotatable bonds is 7. The molecule has 0 unspecified atom stereocenters. The molecule has 0 spiro atoms. The van der Waals surface area contributed by atoms with Gasteiger partial charge < -0.3 is 15.0 Å². The topological polar surface area (TPSA) is 71.5 Å². The van der Waals surface area contributed by atoms with E-state index in [9.17, 15) is 9.59 Å². The highest BCUT2D eigenvalue weighted by Crippen LogP contribution is 2.37. The normalized spacial score (nSPS) is 19.0. The number of carbonyl (C=O) groups excluding carboxylic acids is 2. The van der Waals surface area contributed by atoms with E-state index in [1.807, 2.05) is 35.4 Å². The Hall–Kier alpha value is -2.73. The van der Waals surface area contributed by atoms with Crippen molar-refractivity contribution in [2.24, 2.45) is 5.41 Å². The van der Waals surface area contributed by atoms with Crippen LogP contribution >= 0.6 is 0 Å².